The van der Waals surface area contributed by atoms with E-state index >= 15 is 0 Å². The van der Waals surface area contributed by atoms with Gasteiger partial charge in [0, 0.05) is 43.6 Å². The number of nitrogens with zero attached hydrogens (tertiary/aromatic N) is 3. The predicted octanol–water partition coefficient (Wildman–Crippen LogP) is 1.80. The van der Waals surface area contributed by atoms with Crippen molar-refractivity contribution in [2.45, 2.75) is 39.2 Å². The highest BCUT2D eigenvalue weighted by Crippen LogP contribution is 2.18. The Hall–Kier alpha value is -1.00. The van der Waals surface area contributed by atoms with Crippen LogP contribution in [0.2, 0.25) is 0 Å². The lowest BCUT2D eigenvalue weighted by molar-refractivity contribution is 0.115. The summed E-state index contributed by atoms with van der Waals surface area (Å²) in [4.78, 5) is 11.2. The van der Waals surface area contributed by atoms with E-state index in [-0.39, 0.29) is 0 Å². The molecule has 2 heterocycles. The van der Waals surface area contributed by atoms with Crippen LogP contribution in [0.1, 0.15) is 44.0 Å². The van der Waals surface area contributed by atoms with Crippen molar-refractivity contribution in [2.24, 2.45) is 5.92 Å². The van der Waals surface area contributed by atoms with E-state index in [0.29, 0.717) is 18.4 Å². The highest BCUT2D eigenvalue weighted by atomic mass is 16.3. The molecule has 1 fully saturated rings. The number of aliphatic hydroxyl groups is 1. The van der Waals surface area contributed by atoms with E-state index in [0.717, 1.165) is 37.4 Å². The average Bonchev–Trinajstić information content (AvgIpc) is 2.39. The quantitative estimate of drug-likeness (QED) is 0.884. The van der Waals surface area contributed by atoms with Crippen LogP contribution in [0.5, 0.6) is 0 Å². The highest BCUT2D eigenvalue weighted by molar-refractivity contribution is 5.06. The third-order valence-electron chi connectivity index (χ3n) is 3.51. The summed E-state index contributed by atoms with van der Waals surface area (Å²) < 4.78 is 0. The number of likely N-dealkylation sites (tertiary alicyclic amines) is 1. The Bertz CT molecular complexity index is 364. The standard InChI is InChI=1S/C14H23N3O/c1-11(2)14-15-6-13(7-16-14)9-17-5-3-4-12(8-17)10-18/h6-7,11-12,18H,3-5,8-10H2,1-2H3/t12-/m1/s1. The second-order valence-electron chi connectivity index (χ2n) is 5.53. The molecule has 2 rings (SSSR count). The summed E-state index contributed by atoms with van der Waals surface area (Å²) in [6, 6.07) is 0. The van der Waals surface area contributed by atoms with Gasteiger partial charge in [-0.3, -0.25) is 4.90 Å². The molecule has 0 aliphatic carbocycles. The fourth-order valence-corrected chi connectivity index (χ4v) is 2.45. The number of rotatable bonds is 4. The summed E-state index contributed by atoms with van der Waals surface area (Å²) >= 11 is 0. The third kappa shape index (κ3) is 3.50. The van der Waals surface area contributed by atoms with Crippen LogP contribution in [0.4, 0.5) is 0 Å². The number of hydrogen-bond acceptors (Lipinski definition) is 4. The first kappa shape index (κ1) is 13.4. The molecule has 1 aliphatic heterocycles. The van der Waals surface area contributed by atoms with Crippen molar-refractivity contribution in [1.29, 1.82) is 0 Å². The van der Waals surface area contributed by atoms with Crippen LogP contribution in [-0.4, -0.2) is 39.7 Å². The van der Waals surface area contributed by atoms with Crippen molar-refractivity contribution in [3.63, 3.8) is 0 Å². The Morgan fingerprint density at radius 1 is 1.39 bits per heavy atom. The van der Waals surface area contributed by atoms with Gasteiger partial charge in [0.1, 0.15) is 5.82 Å². The Kier molecular flexibility index (Phi) is 4.66. The molecule has 0 radical (unpaired) electrons. The van der Waals surface area contributed by atoms with Crippen molar-refractivity contribution in [3.8, 4) is 0 Å². The van der Waals surface area contributed by atoms with Gasteiger partial charge in [0.2, 0.25) is 0 Å². The minimum absolute atomic E-state index is 0.305. The summed E-state index contributed by atoms with van der Waals surface area (Å²) in [6.45, 7) is 7.51. The SMILES string of the molecule is CC(C)c1ncc(CN2CCC[C@@H](CO)C2)cn1. The molecule has 4 nitrogen and oxygen atoms in total. The van der Waals surface area contributed by atoms with Crippen LogP contribution in [0.25, 0.3) is 0 Å². The molecule has 1 atom stereocenters. The van der Waals surface area contributed by atoms with E-state index in [1.54, 1.807) is 0 Å². The lowest BCUT2D eigenvalue weighted by Gasteiger charge is -2.31. The predicted molar refractivity (Wildman–Crippen MR) is 71.2 cm³/mol. The lowest BCUT2D eigenvalue weighted by atomic mass is 9.99. The molecule has 1 aliphatic rings. The van der Waals surface area contributed by atoms with Gasteiger partial charge in [0.05, 0.1) is 0 Å². The molecule has 0 saturated carbocycles. The van der Waals surface area contributed by atoms with Gasteiger partial charge < -0.3 is 5.11 Å². The van der Waals surface area contributed by atoms with Crippen molar-refractivity contribution < 1.29 is 5.11 Å². The molecule has 1 aromatic heterocycles. The van der Waals surface area contributed by atoms with E-state index in [4.69, 9.17) is 0 Å². The van der Waals surface area contributed by atoms with Crippen LogP contribution in [0.15, 0.2) is 12.4 Å². The summed E-state index contributed by atoms with van der Waals surface area (Å²) in [7, 11) is 0. The Morgan fingerprint density at radius 2 is 2.11 bits per heavy atom. The molecular weight excluding hydrogens is 226 g/mol. The van der Waals surface area contributed by atoms with E-state index in [9.17, 15) is 5.11 Å². The molecule has 1 saturated heterocycles. The van der Waals surface area contributed by atoms with Gasteiger partial charge in [-0.25, -0.2) is 9.97 Å². The second kappa shape index (κ2) is 6.25. The van der Waals surface area contributed by atoms with Crippen LogP contribution >= 0.6 is 0 Å². The molecular formula is C14H23N3O. The second-order valence-corrected chi connectivity index (χ2v) is 5.53. The van der Waals surface area contributed by atoms with Gasteiger partial charge in [-0.2, -0.15) is 0 Å². The summed E-state index contributed by atoms with van der Waals surface area (Å²) in [5.74, 6) is 1.73. The average molecular weight is 249 g/mol. The molecule has 0 bridgehead atoms. The van der Waals surface area contributed by atoms with Gasteiger partial charge in [-0.05, 0) is 25.3 Å². The smallest absolute Gasteiger partial charge is 0.130 e. The topological polar surface area (TPSA) is 49.2 Å². The molecule has 0 aromatic carbocycles. The van der Waals surface area contributed by atoms with Gasteiger partial charge in [-0.1, -0.05) is 13.8 Å². The van der Waals surface area contributed by atoms with Crippen LogP contribution in [0, 0.1) is 5.92 Å². The maximum absolute atomic E-state index is 9.22. The molecule has 18 heavy (non-hydrogen) atoms. The molecule has 1 N–H and O–H groups in total. The minimum Gasteiger partial charge on any atom is -0.396 e. The normalized spacial score (nSPS) is 21.4. The zero-order chi connectivity index (χ0) is 13.0. The fourth-order valence-electron chi connectivity index (χ4n) is 2.45. The Balaban J connectivity index is 1.92. The fraction of sp³-hybridized carbons (Fsp3) is 0.714. The first-order valence-corrected chi connectivity index (χ1v) is 6.83. The zero-order valence-corrected chi connectivity index (χ0v) is 11.3. The monoisotopic (exact) mass is 249 g/mol. The number of aliphatic hydroxyl groups excluding tert-OH is 1. The van der Waals surface area contributed by atoms with Crippen molar-refractivity contribution in [1.82, 2.24) is 14.9 Å². The van der Waals surface area contributed by atoms with E-state index in [1.165, 1.54) is 6.42 Å². The third-order valence-corrected chi connectivity index (χ3v) is 3.51. The summed E-state index contributed by atoms with van der Waals surface area (Å²) in [5, 5.41) is 9.22. The molecule has 0 amide bonds. The van der Waals surface area contributed by atoms with Crippen LogP contribution < -0.4 is 0 Å². The number of hydrogen-bond donors (Lipinski definition) is 1. The maximum atomic E-state index is 9.22. The van der Waals surface area contributed by atoms with Gasteiger partial charge in [-0.15, -0.1) is 0 Å². The van der Waals surface area contributed by atoms with E-state index in [1.807, 2.05) is 12.4 Å². The van der Waals surface area contributed by atoms with Gasteiger partial charge in [0.25, 0.3) is 0 Å². The molecule has 0 spiro atoms. The van der Waals surface area contributed by atoms with Crippen molar-refractivity contribution in [3.05, 3.63) is 23.8 Å². The molecule has 1 aromatic rings. The Morgan fingerprint density at radius 3 is 2.72 bits per heavy atom. The first-order chi connectivity index (χ1) is 8.69. The van der Waals surface area contributed by atoms with Crippen LogP contribution in [-0.2, 0) is 6.54 Å². The number of aromatic nitrogens is 2. The number of piperidine rings is 1. The van der Waals surface area contributed by atoms with E-state index < -0.39 is 0 Å². The Labute approximate surface area is 109 Å². The van der Waals surface area contributed by atoms with E-state index in [2.05, 4.69) is 28.7 Å². The first-order valence-electron chi connectivity index (χ1n) is 6.83. The summed E-state index contributed by atoms with van der Waals surface area (Å²) in [5.41, 5.74) is 1.16. The lowest BCUT2D eigenvalue weighted by Crippen LogP contribution is -2.36. The highest BCUT2D eigenvalue weighted by Gasteiger charge is 2.19. The van der Waals surface area contributed by atoms with Crippen molar-refractivity contribution in [2.75, 3.05) is 19.7 Å². The molecule has 100 valence electrons. The molecule has 4 heteroatoms. The largest absolute Gasteiger partial charge is 0.396 e. The maximum Gasteiger partial charge on any atom is 0.130 e. The zero-order valence-electron chi connectivity index (χ0n) is 11.3. The van der Waals surface area contributed by atoms with Crippen molar-refractivity contribution >= 4 is 0 Å². The van der Waals surface area contributed by atoms with Gasteiger partial charge in [0.15, 0.2) is 0 Å². The van der Waals surface area contributed by atoms with Crippen LogP contribution in [0.3, 0.4) is 0 Å². The summed E-state index contributed by atoms with van der Waals surface area (Å²) in [6.07, 6.45) is 6.20. The molecule has 0 unspecified atom stereocenters. The minimum atomic E-state index is 0.305. The van der Waals surface area contributed by atoms with Gasteiger partial charge >= 0.3 is 0 Å².